The molecule has 0 spiro atoms. The lowest BCUT2D eigenvalue weighted by molar-refractivity contribution is 0.0722. The quantitative estimate of drug-likeness (QED) is 0.849. The summed E-state index contributed by atoms with van der Waals surface area (Å²) in [5, 5.41) is 2.92. The van der Waals surface area contributed by atoms with Crippen molar-refractivity contribution in [3.8, 4) is 5.75 Å². The first-order valence-corrected chi connectivity index (χ1v) is 8.45. The molecule has 1 aromatic carbocycles. The summed E-state index contributed by atoms with van der Waals surface area (Å²) in [6.07, 6.45) is 2.66. The van der Waals surface area contributed by atoms with E-state index >= 15 is 0 Å². The predicted molar refractivity (Wildman–Crippen MR) is 87.3 cm³/mol. The van der Waals surface area contributed by atoms with Gasteiger partial charge in [-0.05, 0) is 29.7 Å². The highest BCUT2D eigenvalue weighted by Crippen LogP contribution is 2.26. The lowest BCUT2D eigenvalue weighted by Gasteiger charge is -2.24. The Morgan fingerprint density at radius 1 is 1.45 bits per heavy atom. The second-order valence-electron chi connectivity index (χ2n) is 5.93. The molecular weight excluding hydrogens is 296 g/mol. The van der Waals surface area contributed by atoms with E-state index in [9.17, 15) is 4.79 Å². The molecule has 4 nitrogen and oxygen atoms in total. The largest absolute Gasteiger partial charge is 0.493 e. The number of hydrogen-bond donors (Lipinski definition) is 0. The van der Waals surface area contributed by atoms with Crippen LogP contribution in [0.3, 0.4) is 0 Å². The third kappa shape index (κ3) is 3.30. The summed E-state index contributed by atoms with van der Waals surface area (Å²) in [7, 11) is 0. The van der Waals surface area contributed by atoms with E-state index in [0.717, 1.165) is 34.8 Å². The van der Waals surface area contributed by atoms with Gasteiger partial charge in [0.1, 0.15) is 10.8 Å². The van der Waals surface area contributed by atoms with Crippen molar-refractivity contribution in [2.75, 3.05) is 13.2 Å². The van der Waals surface area contributed by atoms with Gasteiger partial charge in [0.25, 0.3) is 5.91 Å². The highest BCUT2D eigenvalue weighted by atomic mass is 32.1. The number of fused-ring (bicyclic) bond motifs is 1. The van der Waals surface area contributed by atoms with Gasteiger partial charge < -0.3 is 9.64 Å². The molecule has 0 saturated heterocycles. The van der Waals surface area contributed by atoms with Gasteiger partial charge in [0.15, 0.2) is 0 Å². The van der Waals surface area contributed by atoms with Crippen LogP contribution in [0.2, 0.25) is 0 Å². The second kappa shape index (κ2) is 6.48. The van der Waals surface area contributed by atoms with Gasteiger partial charge in [-0.25, -0.2) is 4.98 Å². The van der Waals surface area contributed by atoms with Gasteiger partial charge >= 0.3 is 0 Å². The normalized spacial score (nSPS) is 13.0. The molecule has 0 unspecified atom stereocenters. The van der Waals surface area contributed by atoms with E-state index in [1.165, 1.54) is 0 Å². The molecule has 5 heteroatoms. The summed E-state index contributed by atoms with van der Waals surface area (Å²) in [6.45, 7) is 6.26. The lowest BCUT2D eigenvalue weighted by Crippen LogP contribution is -2.33. The Morgan fingerprint density at radius 3 is 3.05 bits per heavy atom. The molecule has 0 radical (unpaired) electrons. The van der Waals surface area contributed by atoms with Crippen LogP contribution in [-0.4, -0.2) is 28.9 Å². The number of amides is 1. The fourth-order valence-electron chi connectivity index (χ4n) is 2.66. The van der Waals surface area contributed by atoms with E-state index in [4.69, 9.17) is 4.74 Å². The van der Waals surface area contributed by atoms with E-state index in [1.807, 2.05) is 28.5 Å². The highest BCUT2D eigenvalue weighted by molar-refractivity contribution is 7.09. The Morgan fingerprint density at radius 2 is 2.32 bits per heavy atom. The third-order valence-electron chi connectivity index (χ3n) is 3.62. The number of rotatable bonds is 5. The number of carbonyl (C=O) groups is 1. The van der Waals surface area contributed by atoms with Crippen LogP contribution in [0.5, 0.6) is 5.75 Å². The van der Waals surface area contributed by atoms with Crippen LogP contribution >= 0.6 is 11.3 Å². The maximum atomic E-state index is 12.9. The minimum atomic E-state index is 0.0681. The van der Waals surface area contributed by atoms with Crippen molar-refractivity contribution < 1.29 is 9.53 Å². The molecule has 1 amide bonds. The first-order chi connectivity index (χ1) is 10.6. The lowest BCUT2D eigenvalue weighted by atomic mass is 10.1. The standard InChI is InChI=1S/C17H20N2O2S/c1-12(2)10-19(11-16-18-6-8-22-16)17(20)14-3-4-15-13(9-14)5-7-21-15/h3-4,6,8-9,12H,5,7,10-11H2,1-2H3. The number of benzene rings is 1. The zero-order chi connectivity index (χ0) is 15.5. The van der Waals surface area contributed by atoms with Crippen LogP contribution < -0.4 is 4.74 Å². The molecular formula is C17H20N2O2S. The van der Waals surface area contributed by atoms with E-state index in [2.05, 4.69) is 18.8 Å². The topological polar surface area (TPSA) is 42.4 Å². The van der Waals surface area contributed by atoms with Crippen molar-refractivity contribution in [2.45, 2.75) is 26.8 Å². The molecule has 0 fully saturated rings. The molecule has 2 heterocycles. The Labute approximate surface area is 134 Å². The molecule has 22 heavy (non-hydrogen) atoms. The number of hydrogen-bond acceptors (Lipinski definition) is 4. The van der Waals surface area contributed by atoms with Crippen LogP contribution in [0.4, 0.5) is 0 Å². The molecule has 1 aliphatic rings. The number of nitrogens with zero attached hydrogens (tertiary/aromatic N) is 2. The number of carbonyl (C=O) groups excluding carboxylic acids is 1. The molecule has 3 rings (SSSR count). The van der Waals surface area contributed by atoms with Crippen LogP contribution in [0.25, 0.3) is 0 Å². The monoisotopic (exact) mass is 316 g/mol. The zero-order valence-corrected chi connectivity index (χ0v) is 13.7. The van der Waals surface area contributed by atoms with Gasteiger partial charge in [0.2, 0.25) is 0 Å². The van der Waals surface area contributed by atoms with Crippen LogP contribution in [0.1, 0.15) is 34.8 Å². The predicted octanol–water partition coefficient (Wildman–Crippen LogP) is 3.38. The summed E-state index contributed by atoms with van der Waals surface area (Å²) in [6, 6.07) is 5.74. The second-order valence-corrected chi connectivity index (χ2v) is 6.91. The van der Waals surface area contributed by atoms with E-state index in [-0.39, 0.29) is 5.91 Å². The van der Waals surface area contributed by atoms with Gasteiger partial charge in [-0.15, -0.1) is 11.3 Å². The van der Waals surface area contributed by atoms with Crippen LogP contribution in [0.15, 0.2) is 29.8 Å². The molecule has 116 valence electrons. The average Bonchev–Trinajstić information content (AvgIpc) is 3.15. The highest BCUT2D eigenvalue weighted by Gasteiger charge is 2.21. The maximum Gasteiger partial charge on any atom is 0.254 e. The molecule has 0 aliphatic carbocycles. The van der Waals surface area contributed by atoms with Crippen molar-refractivity contribution in [1.29, 1.82) is 0 Å². The van der Waals surface area contributed by atoms with Gasteiger partial charge in [-0.1, -0.05) is 13.8 Å². The summed E-state index contributed by atoms with van der Waals surface area (Å²) >= 11 is 1.59. The molecule has 0 bridgehead atoms. The minimum absolute atomic E-state index is 0.0681. The molecule has 0 N–H and O–H groups in total. The molecule has 0 atom stereocenters. The van der Waals surface area contributed by atoms with Gasteiger partial charge in [0.05, 0.1) is 13.2 Å². The van der Waals surface area contributed by atoms with Crippen molar-refractivity contribution in [3.63, 3.8) is 0 Å². The fraction of sp³-hybridized carbons (Fsp3) is 0.412. The fourth-order valence-corrected chi connectivity index (χ4v) is 3.29. The summed E-state index contributed by atoms with van der Waals surface area (Å²) in [5.41, 5.74) is 1.87. The van der Waals surface area contributed by atoms with E-state index < -0.39 is 0 Å². The molecule has 2 aromatic rings. The Kier molecular flexibility index (Phi) is 4.43. The van der Waals surface area contributed by atoms with Crippen molar-refractivity contribution >= 4 is 17.2 Å². The molecule has 1 aliphatic heterocycles. The first-order valence-electron chi connectivity index (χ1n) is 7.57. The van der Waals surface area contributed by atoms with Crippen LogP contribution in [0, 0.1) is 5.92 Å². The van der Waals surface area contributed by atoms with E-state index in [0.29, 0.717) is 19.1 Å². The Balaban J connectivity index is 1.81. The molecule has 1 aromatic heterocycles. The Bertz CT molecular complexity index is 653. The number of aromatic nitrogens is 1. The zero-order valence-electron chi connectivity index (χ0n) is 12.9. The van der Waals surface area contributed by atoms with Crippen molar-refractivity contribution in [2.24, 2.45) is 5.92 Å². The minimum Gasteiger partial charge on any atom is -0.493 e. The average molecular weight is 316 g/mol. The SMILES string of the molecule is CC(C)CN(Cc1nccs1)C(=O)c1ccc2c(c1)CCO2. The third-order valence-corrected chi connectivity index (χ3v) is 4.38. The summed E-state index contributed by atoms with van der Waals surface area (Å²) in [5.74, 6) is 1.40. The number of ether oxygens (including phenoxy) is 1. The van der Waals surface area contributed by atoms with Gasteiger partial charge in [0, 0.05) is 30.1 Å². The van der Waals surface area contributed by atoms with Gasteiger partial charge in [-0.3, -0.25) is 4.79 Å². The van der Waals surface area contributed by atoms with Crippen molar-refractivity contribution in [1.82, 2.24) is 9.88 Å². The number of thiazole rings is 1. The first kappa shape index (κ1) is 15.0. The van der Waals surface area contributed by atoms with E-state index in [1.54, 1.807) is 17.5 Å². The summed E-state index contributed by atoms with van der Waals surface area (Å²) < 4.78 is 5.51. The van der Waals surface area contributed by atoms with Gasteiger partial charge in [-0.2, -0.15) is 0 Å². The molecule has 0 saturated carbocycles. The van der Waals surface area contributed by atoms with Crippen LogP contribution in [-0.2, 0) is 13.0 Å². The maximum absolute atomic E-state index is 12.9. The van der Waals surface area contributed by atoms with Crippen molar-refractivity contribution in [3.05, 3.63) is 45.9 Å². The smallest absolute Gasteiger partial charge is 0.254 e. The summed E-state index contributed by atoms with van der Waals surface area (Å²) in [4.78, 5) is 19.1. The Hall–Kier alpha value is -1.88.